The van der Waals surface area contributed by atoms with Gasteiger partial charge in [-0.2, -0.15) is 26.3 Å². The van der Waals surface area contributed by atoms with Crippen molar-refractivity contribution in [3.05, 3.63) is 49.4 Å². The Kier molecular flexibility index (Phi) is 8.44. The smallest absolute Gasteiger partial charge is 0.383 e. The van der Waals surface area contributed by atoms with E-state index in [4.69, 9.17) is 23.2 Å². The van der Waals surface area contributed by atoms with E-state index in [1.165, 1.54) is 0 Å². The summed E-state index contributed by atoms with van der Waals surface area (Å²) in [7, 11) is 0. The topological polar surface area (TPSA) is 98.1 Å². The summed E-state index contributed by atoms with van der Waals surface area (Å²) in [5.74, 6) is -2.40. The maximum Gasteiger partial charge on any atom is 0.430 e. The van der Waals surface area contributed by atoms with Gasteiger partial charge in [-0.3, -0.25) is 14.4 Å². The summed E-state index contributed by atoms with van der Waals surface area (Å²) in [5.41, 5.74) is -6.74. The molecule has 3 saturated heterocycles. The fourth-order valence-corrected chi connectivity index (χ4v) is 8.39. The summed E-state index contributed by atoms with van der Waals surface area (Å²) in [6.45, 7) is 2.59. The van der Waals surface area contributed by atoms with E-state index in [0.29, 0.717) is 11.6 Å². The molecule has 3 fully saturated rings. The maximum atomic E-state index is 14.2. The number of amides is 2. The van der Waals surface area contributed by atoms with Crippen LogP contribution in [0.5, 0.6) is 0 Å². The zero-order valence-corrected chi connectivity index (χ0v) is 25.5. The van der Waals surface area contributed by atoms with Crippen molar-refractivity contribution in [3.63, 3.8) is 0 Å². The highest BCUT2D eigenvalue weighted by Crippen LogP contribution is 2.56. The predicted octanol–water partition coefficient (Wildman–Crippen LogP) is 5.60. The summed E-state index contributed by atoms with van der Waals surface area (Å²) in [6.07, 6.45) is -10.7. The Labute approximate surface area is 261 Å². The first-order chi connectivity index (χ1) is 20.3. The highest BCUT2D eigenvalue weighted by Gasteiger charge is 2.72. The van der Waals surface area contributed by atoms with Gasteiger partial charge in [0.25, 0.3) is 17.4 Å². The van der Waals surface area contributed by atoms with E-state index < -0.39 is 63.2 Å². The number of rotatable bonds is 4. The largest absolute Gasteiger partial charge is 0.430 e. The average molecular weight is 687 g/mol. The molecule has 1 aromatic carbocycles. The molecule has 240 valence electrons. The first-order valence-electron chi connectivity index (χ1n) is 13.6. The highest BCUT2D eigenvalue weighted by molar-refractivity contribution is 8.12. The maximum absolute atomic E-state index is 14.2. The molecule has 7 nitrogen and oxygen atoms in total. The van der Waals surface area contributed by atoms with Crippen LogP contribution in [0, 0.1) is 5.92 Å². The van der Waals surface area contributed by atoms with Crippen LogP contribution in [0.1, 0.15) is 50.7 Å². The number of benzene rings is 1. The van der Waals surface area contributed by atoms with Gasteiger partial charge in [0.1, 0.15) is 6.10 Å². The molecule has 2 amide bonds. The Morgan fingerprint density at radius 2 is 1.50 bits per heavy atom. The van der Waals surface area contributed by atoms with Crippen LogP contribution in [0.3, 0.4) is 0 Å². The van der Waals surface area contributed by atoms with Crippen LogP contribution in [0.15, 0.2) is 28.2 Å². The third-order valence-corrected chi connectivity index (χ3v) is 11.2. The number of Topliss-reactive ketones (excluding diaryl/α,β-unsaturated/α-hetero) is 1. The van der Waals surface area contributed by atoms with Crippen LogP contribution in [-0.4, -0.2) is 81.2 Å². The monoisotopic (exact) mass is 686 g/mol. The van der Waals surface area contributed by atoms with Crippen molar-refractivity contribution in [2.24, 2.45) is 5.92 Å². The Morgan fingerprint density at radius 1 is 0.955 bits per heavy atom. The van der Waals surface area contributed by atoms with Gasteiger partial charge in [0.15, 0.2) is 5.78 Å². The van der Waals surface area contributed by atoms with Crippen molar-refractivity contribution >= 4 is 57.5 Å². The number of aliphatic hydroxyl groups excluding tert-OH is 1. The summed E-state index contributed by atoms with van der Waals surface area (Å²) >= 11 is 13.2. The number of thioether (sulfide) groups is 1. The van der Waals surface area contributed by atoms with Crippen LogP contribution >= 0.6 is 35.0 Å². The van der Waals surface area contributed by atoms with Gasteiger partial charge in [-0.25, -0.2) is 0 Å². The lowest BCUT2D eigenvalue weighted by Crippen LogP contribution is -2.54. The van der Waals surface area contributed by atoms with Gasteiger partial charge < -0.3 is 20.0 Å². The summed E-state index contributed by atoms with van der Waals surface area (Å²) in [6, 6.07) is 1.07. The van der Waals surface area contributed by atoms with Gasteiger partial charge >= 0.3 is 12.4 Å². The number of likely N-dealkylation sites (tertiary alicyclic amines) is 1. The van der Waals surface area contributed by atoms with Crippen LogP contribution in [0.25, 0.3) is 4.91 Å². The number of nitrogens with zero attached hydrogens (tertiary/aromatic N) is 2. The van der Waals surface area contributed by atoms with Gasteiger partial charge in [-0.1, -0.05) is 54.0 Å². The number of hydrogen-bond acceptors (Lipinski definition) is 6. The number of fused-ring (bicyclic) bond motifs is 2. The summed E-state index contributed by atoms with van der Waals surface area (Å²) in [5, 5.41) is 17.9. The van der Waals surface area contributed by atoms with Crippen molar-refractivity contribution in [3.8, 4) is 0 Å². The Bertz CT molecular complexity index is 1480. The van der Waals surface area contributed by atoms with Gasteiger partial charge in [-0.15, -0.1) is 0 Å². The van der Waals surface area contributed by atoms with Crippen molar-refractivity contribution in [2.75, 3.05) is 13.1 Å². The minimum atomic E-state index is -6.22. The lowest BCUT2D eigenvalue weighted by Gasteiger charge is -2.35. The third kappa shape index (κ3) is 5.04. The first-order valence-corrected chi connectivity index (χ1v) is 15.2. The Hall–Kier alpha value is -2.26. The number of carbonyl (C=O) groups is 3. The number of alkyl halides is 6. The quantitative estimate of drug-likeness (QED) is 0.401. The van der Waals surface area contributed by atoms with E-state index in [0.717, 1.165) is 48.4 Å². The second-order valence-corrected chi connectivity index (χ2v) is 13.2. The molecule has 4 aliphatic heterocycles. The van der Waals surface area contributed by atoms with Gasteiger partial charge in [0.2, 0.25) is 0 Å². The number of allylic oxidation sites excluding steroid dienone is 1. The van der Waals surface area contributed by atoms with Crippen molar-refractivity contribution in [1.82, 2.24) is 9.80 Å². The fraction of sp³-hybridized carbons (Fsp3) is 0.536. The van der Waals surface area contributed by atoms with Crippen LogP contribution < -0.4 is 0 Å². The molecule has 0 aromatic heterocycles. The van der Waals surface area contributed by atoms with Crippen LogP contribution in [-0.2, 0) is 20.0 Å². The van der Waals surface area contributed by atoms with E-state index in [1.807, 2.05) is 0 Å². The molecule has 4 aliphatic rings. The number of carbonyl (C=O) groups excluding carboxylic acids is 3. The second kappa shape index (κ2) is 11.2. The van der Waals surface area contributed by atoms with E-state index in [-0.39, 0.29) is 46.1 Å². The number of halogens is 8. The molecule has 1 unspecified atom stereocenters. The number of hydrogen-bond donors (Lipinski definition) is 2. The lowest BCUT2D eigenvalue weighted by atomic mass is 9.88. The predicted molar refractivity (Wildman–Crippen MR) is 149 cm³/mol. The van der Waals surface area contributed by atoms with Crippen molar-refractivity contribution in [2.45, 2.75) is 75.7 Å². The molecule has 16 heteroatoms. The molecule has 0 saturated carbocycles. The molecule has 2 bridgehead atoms. The Balaban J connectivity index is 1.66. The molecule has 44 heavy (non-hydrogen) atoms. The zero-order chi connectivity index (χ0) is 32.7. The molecular weight excluding hydrogens is 661 g/mol. The van der Waals surface area contributed by atoms with Crippen LogP contribution in [0.4, 0.5) is 26.3 Å². The molecule has 0 aliphatic carbocycles. The van der Waals surface area contributed by atoms with E-state index in [9.17, 15) is 50.9 Å². The van der Waals surface area contributed by atoms with Crippen molar-refractivity contribution in [1.29, 1.82) is 0 Å². The zero-order valence-electron chi connectivity index (χ0n) is 23.2. The van der Waals surface area contributed by atoms with Crippen LogP contribution in [0.2, 0.25) is 10.0 Å². The first kappa shape index (κ1) is 33.1. The minimum Gasteiger partial charge on any atom is -0.383 e. The van der Waals surface area contributed by atoms with Gasteiger partial charge in [0.05, 0.1) is 28.0 Å². The summed E-state index contributed by atoms with van der Waals surface area (Å²) in [4.78, 5) is 42.6. The standard InChI is InChI=1S/C28H26Cl2F6N2O5S/c1-11-12(2)22(25(42)37-9-17(39)18(40)10-37)44-23(19(11)24(41)38-13-3-4-14(38)6-5-13)15-7-8-16(21(30)20(15)29)26(43,27(31,32)33)28(34,35)36/h7-8,11,13-14,17,39,43H,3-6,9-10H2,1-2H3/t11?,13?,14?,17-/m1/s1. The molecule has 1 aromatic rings. The number of aliphatic hydroxyl groups is 2. The van der Waals surface area contributed by atoms with Gasteiger partial charge in [0, 0.05) is 39.6 Å². The van der Waals surface area contributed by atoms with E-state index in [2.05, 4.69) is 0 Å². The number of ketones is 1. The Morgan fingerprint density at radius 3 is 1.98 bits per heavy atom. The molecule has 4 heterocycles. The summed E-state index contributed by atoms with van der Waals surface area (Å²) < 4.78 is 82.1. The fourth-order valence-electron chi connectivity index (χ4n) is 6.36. The molecule has 2 N–H and O–H groups in total. The molecular formula is C28H26Cl2F6N2O5S. The SMILES string of the molecule is CC1=C(C(=O)N2CC(=O)[C@H](O)C2)SC(c2ccc(C(O)(C(F)(F)F)C(F)(F)F)c(Cl)c2Cl)=C(C(=O)N2C3CCC2CC3)C1C. The molecule has 0 radical (unpaired) electrons. The number of β-amino-alcohol motifs (C(OH)–C–C–N with tert-alkyl or cyclic N) is 1. The van der Waals surface area contributed by atoms with Gasteiger partial charge in [-0.05, 0) is 38.2 Å². The average Bonchev–Trinajstić information content (AvgIpc) is 3.63. The van der Waals surface area contributed by atoms with E-state index >= 15 is 0 Å². The normalized spacial score (nSPS) is 26.4. The molecule has 2 atom stereocenters. The molecule has 5 rings (SSSR count). The molecule has 0 spiro atoms. The highest BCUT2D eigenvalue weighted by atomic mass is 35.5. The second-order valence-electron chi connectivity index (χ2n) is 11.4. The minimum absolute atomic E-state index is 0.00479. The third-order valence-electron chi connectivity index (χ3n) is 8.94. The van der Waals surface area contributed by atoms with Crippen molar-refractivity contribution < 1.29 is 50.9 Å². The lowest BCUT2D eigenvalue weighted by molar-refractivity contribution is -0.376. The van der Waals surface area contributed by atoms with E-state index in [1.54, 1.807) is 18.7 Å².